The Labute approximate surface area is 160 Å². The predicted molar refractivity (Wildman–Crippen MR) is 103 cm³/mol. The standard InChI is InChI=1S/C20H31F2N3O2/c1-2-23-20(25-10-6-17-14-18(21)4-5-19(17)22)24-9-3-11-27-15-16-7-12-26-13-8-16/h4-5,14,16H,2-3,6-13,15H2,1H3,(H2,23,24,25). The Bertz CT molecular complexity index is 578. The maximum absolute atomic E-state index is 13.6. The molecule has 27 heavy (non-hydrogen) atoms. The molecular formula is C20H31F2N3O2. The van der Waals surface area contributed by atoms with Crippen LogP contribution < -0.4 is 10.6 Å². The number of nitrogens with one attached hydrogen (secondary N) is 2. The van der Waals surface area contributed by atoms with Crippen LogP contribution in [-0.4, -0.2) is 52.0 Å². The molecule has 7 heteroatoms. The van der Waals surface area contributed by atoms with E-state index in [1.807, 2.05) is 6.92 Å². The Hall–Kier alpha value is -1.73. The number of guanidine groups is 1. The highest BCUT2D eigenvalue weighted by atomic mass is 19.1. The Kier molecular flexibility index (Phi) is 10.1. The van der Waals surface area contributed by atoms with Crippen LogP contribution in [0.15, 0.2) is 23.2 Å². The lowest BCUT2D eigenvalue weighted by atomic mass is 10.0. The Balaban J connectivity index is 1.63. The summed E-state index contributed by atoms with van der Waals surface area (Å²) in [7, 11) is 0. The monoisotopic (exact) mass is 383 g/mol. The van der Waals surface area contributed by atoms with Gasteiger partial charge in [0.2, 0.25) is 0 Å². The molecule has 0 radical (unpaired) electrons. The van der Waals surface area contributed by atoms with Crippen LogP contribution in [0.25, 0.3) is 0 Å². The van der Waals surface area contributed by atoms with Gasteiger partial charge in [0.1, 0.15) is 11.6 Å². The van der Waals surface area contributed by atoms with Gasteiger partial charge in [-0.2, -0.15) is 0 Å². The number of hydrogen-bond acceptors (Lipinski definition) is 3. The third-order valence-electron chi connectivity index (χ3n) is 4.45. The number of benzene rings is 1. The van der Waals surface area contributed by atoms with Crippen LogP contribution in [0, 0.1) is 17.6 Å². The number of hydrogen-bond donors (Lipinski definition) is 2. The molecule has 1 aromatic rings. The summed E-state index contributed by atoms with van der Waals surface area (Å²) in [6, 6.07) is 3.52. The van der Waals surface area contributed by atoms with Gasteiger partial charge in [0.15, 0.2) is 5.96 Å². The van der Waals surface area contributed by atoms with Crippen molar-refractivity contribution in [3.8, 4) is 0 Å². The smallest absolute Gasteiger partial charge is 0.191 e. The van der Waals surface area contributed by atoms with Crippen molar-refractivity contribution in [3.63, 3.8) is 0 Å². The largest absolute Gasteiger partial charge is 0.381 e. The average Bonchev–Trinajstić information content (AvgIpc) is 2.68. The van der Waals surface area contributed by atoms with Crippen LogP contribution in [0.1, 0.15) is 31.7 Å². The summed E-state index contributed by atoms with van der Waals surface area (Å²) in [6.07, 6.45) is 3.40. The Morgan fingerprint density at radius 1 is 1.26 bits per heavy atom. The van der Waals surface area contributed by atoms with Crippen molar-refractivity contribution in [1.82, 2.24) is 10.6 Å². The molecule has 0 spiro atoms. The predicted octanol–water partition coefficient (Wildman–Crippen LogP) is 2.90. The minimum absolute atomic E-state index is 0.361. The topological polar surface area (TPSA) is 54.9 Å². The van der Waals surface area contributed by atoms with Crippen LogP contribution in [0.5, 0.6) is 0 Å². The minimum Gasteiger partial charge on any atom is -0.381 e. The fourth-order valence-corrected chi connectivity index (χ4v) is 2.91. The van der Waals surface area contributed by atoms with E-state index in [1.54, 1.807) is 0 Å². The van der Waals surface area contributed by atoms with Crippen LogP contribution >= 0.6 is 0 Å². The molecule has 1 aliphatic rings. The lowest BCUT2D eigenvalue weighted by molar-refractivity contribution is 0.0205. The zero-order valence-corrected chi connectivity index (χ0v) is 16.1. The summed E-state index contributed by atoms with van der Waals surface area (Å²) in [5.41, 5.74) is 0.361. The maximum atomic E-state index is 13.6. The fraction of sp³-hybridized carbons (Fsp3) is 0.650. The molecule has 152 valence electrons. The molecule has 2 rings (SSSR count). The summed E-state index contributed by atoms with van der Waals surface area (Å²) in [5, 5.41) is 6.31. The summed E-state index contributed by atoms with van der Waals surface area (Å²) in [6.45, 7) is 7.02. The first-order valence-electron chi connectivity index (χ1n) is 9.80. The molecule has 5 nitrogen and oxygen atoms in total. The van der Waals surface area contributed by atoms with Gasteiger partial charge in [0, 0.05) is 46.1 Å². The molecule has 0 atom stereocenters. The second-order valence-electron chi connectivity index (χ2n) is 6.66. The summed E-state index contributed by atoms with van der Waals surface area (Å²) in [5.74, 6) is 0.484. The molecule has 1 aliphatic heterocycles. The quantitative estimate of drug-likeness (QED) is 0.371. The van der Waals surface area contributed by atoms with E-state index < -0.39 is 5.82 Å². The number of nitrogens with zero attached hydrogens (tertiary/aromatic N) is 1. The molecule has 0 unspecified atom stereocenters. The minimum atomic E-state index is -0.423. The van der Waals surface area contributed by atoms with E-state index in [2.05, 4.69) is 15.6 Å². The summed E-state index contributed by atoms with van der Waals surface area (Å²) >= 11 is 0. The summed E-state index contributed by atoms with van der Waals surface area (Å²) < 4.78 is 37.9. The number of aliphatic imine (C=N–C) groups is 1. The van der Waals surface area contributed by atoms with Crippen molar-refractivity contribution in [2.75, 3.05) is 46.1 Å². The zero-order valence-electron chi connectivity index (χ0n) is 16.1. The van der Waals surface area contributed by atoms with E-state index in [-0.39, 0.29) is 5.82 Å². The molecule has 1 saturated heterocycles. The molecule has 0 bridgehead atoms. The molecule has 0 aliphatic carbocycles. The first kappa shape index (κ1) is 21.6. The highest BCUT2D eigenvalue weighted by molar-refractivity contribution is 5.79. The second-order valence-corrected chi connectivity index (χ2v) is 6.66. The van der Waals surface area contributed by atoms with Crippen molar-refractivity contribution in [1.29, 1.82) is 0 Å². The van der Waals surface area contributed by atoms with Gasteiger partial charge in [0.05, 0.1) is 0 Å². The highest BCUT2D eigenvalue weighted by Crippen LogP contribution is 2.14. The van der Waals surface area contributed by atoms with Gasteiger partial charge in [-0.15, -0.1) is 0 Å². The summed E-state index contributed by atoms with van der Waals surface area (Å²) in [4.78, 5) is 4.50. The van der Waals surface area contributed by atoms with E-state index in [0.717, 1.165) is 57.8 Å². The third-order valence-corrected chi connectivity index (χ3v) is 4.45. The maximum Gasteiger partial charge on any atom is 0.191 e. The van der Waals surface area contributed by atoms with Gasteiger partial charge in [-0.1, -0.05) is 0 Å². The lowest BCUT2D eigenvalue weighted by Crippen LogP contribution is -2.38. The van der Waals surface area contributed by atoms with Crippen molar-refractivity contribution in [2.45, 2.75) is 32.6 Å². The van der Waals surface area contributed by atoms with E-state index in [4.69, 9.17) is 9.47 Å². The molecule has 0 amide bonds. The van der Waals surface area contributed by atoms with Crippen molar-refractivity contribution in [3.05, 3.63) is 35.4 Å². The first-order valence-corrected chi connectivity index (χ1v) is 9.80. The van der Waals surface area contributed by atoms with Crippen molar-refractivity contribution < 1.29 is 18.3 Å². The van der Waals surface area contributed by atoms with E-state index in [1.165, 1.54) is 6.07 Å². The van der Waals surface area contributed by atoms with Gasteiger partial charge in [0.25, 0.3) is 0 Å². The third kappa shape index (κ3) is 8.67. The van der Waals surface area contributed by atoms with Gasteiger partial charge in [-0.3, -0.25) is 4.99 Å². The van der Waals surface area contributed by atoms with Crippen molar-refractivity contribution >= 4 is 5.96 Å². The normalized spacial score (nSPS) is 15.7. The van der Waals surface area contributed by atoms with E-state index >= 15 is 0 Å². The second kappa shape index (κ2) is 12.6. The molecule has 1 fully saturated rings. The molecule has 1 heterocycles. The highest BCUT2D eigenvalue weighted by Gasteiger charge is 2.13. The molecular weight excluding hydrogens is 352 g/mol. The van der Waals surface area contributed by atoms with Gasteiger partial charge >= 0.3 is 0 Å². The SMILES string of the molecule is CCNC(=NCCCOCC1CCOCC1)NCCc1cc(F)ccc1F. The Morgan fingerprint density at radius 3 is 2.85 bits per heavy atom. The van der Waals surface area contributed by atoms with Gasteiger partial charge in [-0.05, 0) is 62.3 Å². The van der Waals surface area contributed by atoms with E-state index in [9.17, 15) is 8.78 Å². The molecule has 0 saturated carbocycles. The van der Waals surface area contributed by atoms with Crippen LogP contribution in [0.3, 0.4) is 0 Å². The number of ether oxygens (including phenoxy) is 2. The fourth-order valence-electron chi connectivity index (χ4n) is 2.91. The molecule has 2 N–H and O–H groups in total. The van der Waals surface area contributed by atoms with Crippen LogP contribution in [0.4, 0.5) is 8.78 Å². The van der Waals surface area contributed by atoms with Crippen LogP contribution in [-0.2, 0) is 15.9 Å². The zero-order chi connectivity index (χ0) is 19.3. The van der Waals surface area contributed by atoms with E-state index in [0.29, 0.717) is 43.6 Å². The van der Waals surface area contributed by atoms with Crippen LogP contribution in [0.2, 0.25) is 0 Å². The molecule has 1 aromatic carbocycles. The average molecular weight is 383 g/mol. The Morgan fingerprint density at radius 2 is 2.07 bits per heavy atom. The first-order chi connectivity index (χ1) is 13.2. The van der Waals surface area contributed by atoms with Gasteiger partial charge in [-0.25, -0.2) is 8.78 Å². The van der Waals surface area contributed by atoms with Crippen molar-refractivity contribution in [2.24, 2.45) is 10.9 Å². The number of rotatable bonds is 10. The number of halogens is 2. The van der Waals surface area contributed by atoms with Gasteiger partial charge < -0.3 is 20.1 Å². The lowest BCUT2D eigenvalue weighted by Gasteiger charge is -2.21. The molecule has 0 aromatic heterocycles.